The van der Waals surface area contributed by atoms with E-state index in [4.69, 9.17) is 17.4 Å². The van der Waals surface area contributed by atoms with E-state index in [0.717, 1.165) is 19.3 Å². The molecule has 0 aliphatic rings. The first-order valence-electron chi connectivity index (χ1n) is 4.89. The Kier molecular flexibility index (Phi) is 6.59. The highest BCUT2D eigenvalue weighted by Gasteiger charge is 2.14. The fourth-order valence-electron chi connectivity index (χ4n) is 1.23. The van der Waals surface area contributed by atoms with Crippen LogP contribution in [0.25, 0.3) is 0 Å². The molecule has 80 valence electrons. The topological polar surface area (TPSA) is 70.6 Å². The maximum Gasteiger partial charge on any atom is 0.156 e. The summed E-state index contributed by atoms with van der Waals surface area (Å²) in [6, 6.07) is -0.155. The van der Waals surface area contributed by atoms with Gasteiger partial charge in [0.05, 0.1) is 12.1 Å². The second kappa shape index (κ2) is 7.22. The van der Waals surface area contributed by atoms with E-state index in [9.17, 15) is 0 Å². The van der Waals surface area contributed by atoms with Crippen molar-refractivity contribution >= 4 is 5.84 Å². The van der Waals surface area contributed by atoms with Crippen LogP contribution in [0.5, 0.6) is 0 Å². The SMILES string of the molecule is C#CC(CCC)NC(CC)C(N)=NO. The molecule has 0 amide bonds. The molecule has 0 aliphatic carbocycles. The lowest BCUT2D eigenvalue weighted by Crippen LogP contribution is -2.45. The minimum atomic E-state index is -0.146. The van der Waals surface area contributed by atoms with E-state index in [1.54, 1.807) is 0 Å². The largest absolute Gasteiger partial charge is 0.409 e. The number of terminal acetylenes is 1. The Morgan fingerprint density at radius 2 is 2.29 bits per heavy atom. The third kappa shape index (κ3) is 4.15. The van der Waals surface area contributed by atoms with E-state index in [-0.39, 0.29) is 17.9 Å². The standard InChI is InChI=1S/C10H19N3O/c1-4-7-8(5-2)12-9(6-3)10(11)13-14/h2,8-9,12,14H,4,6-7H2,1,3H3,(H2,11,13). The molecule has 0 aromatic heterocycles. The van der Waals surface area contributed by atoms with Crippen LogP contribution >= 0.6 is 0 Å². The van der Waals surface area contributed by atoms with Gasteiger partial charge in [0.25, 0.3) is 0 Å². The minimum Gasteiger partial charge on any atom is -0.409 e. The molecule has 4 heteroatoms. The van der Waals surface area contributed by atoms with Gasteiger partial charge in [0.2, 0.25) is 0 Å². The van der Waals surface area contributed by atoms with Gasteiger partial charge in [-0.2, -0.15) is 0 Å². The van der Waals surface area contributed by atoms with Crippen molar-refractivity contribution in [3.8, 4) is 12.3 Å². The summed E-state index contributed by atoms with van der Waals surface area (Å²) in [6.07, 6.45) is 8.00. The van der Waals surface area contributed by atoms with Crippen LogP contribution in [0.2, 0.25) is 0 Å². The molecule has 2 unspecified atom stereocenters. The van der Waals surface area contributed by atoms with Crippen LogP contribution in [0, 0.1) is 12.3 Å². The number of rotatable bonds is 6. The fourth-order valence-corrected chi connectivity index (χ4v) is 1.23. The predicted octanol–water partition coefficient (Wildman–Crippen LogP) is 0.903. The maximum absolute atomic E-state index is 8.52. The van der Waals surface area contributed by atoms with Gasteiger partial charge in [-0.1, -0.05) is 31.3 Å². The molecule has 0 bridgehead atoms. The Bertz CT molecular complexity index is 220. The first kappa shape index (κ1) is 12.8. The van der Waals surface area contributed by atoms with E-state index >= 15 is 0 Å². The normalized spacial score (nSPS) is 15.9. The van der Waals surface area contributed by atoms with Gasteiger partial charge >= 0.3 is 0 Å². The fraction of sp³-hybridized carbons (Fsp3) is 0.700. The van der Waals surface area contributed by atoms with Crippen molar-refractivity contribution in [3.63, 3.8) is 0 Å². The van der Waals surface area contributed by atoms with Crippen LogP contribution in [0.1, 0.15) is 33.1 Å². The first-order valence-corrected chi connectivity index (χ1v) is 4.89. The van der Waals surface area contributed by atoms with Crippen molar-refractivity contribution in [3.05, 3.63) is 0 Å². The molecule has 0 fully saturated rings. The van der Waals surface area contributed by atoms with Gasteiger partial charge in [-0.05, 0) is 12.8 Å². The second-order valence-electron chi connectivity index (χ2n) is 3.16. The molecule has 0 heterocycles. The van der Waals surface area contributed by atoms with E-state index in [0.29, 0.717) is 0 Å². The Morgan fingerprint density at radius 3 is 2.64 bits per heavy atom. The third-order valence-electron chi connectivity index (χ3n) is 2.06. The van der Waals surface area contributed by atoms with Crippen molar-refractivity contribution in [1.82, 2.24) is 5.32 Å². The molecule has 0 radical (unpaired) electrons. The van der Waals surface area contributed by atoms with Crippen molar-refractivity contribution in [2.75, 3.05) is 0 Å². The van der Waals surface area contributed by atoms with Crippen molar-refractivity contribution < 1.29 is 5.21 Å². The van der Waals surface area contributed by atoms with Gasteiger partial charge < -0.3 is 10.9 Å². The van der Waals surface area contributed by atoms with Crippen molar-refractivity contribution in [2.24, 2.45) is 10.9 Å². The molecule has 2 atom stereocenters. The van der Waals surface area contributed by atoms with Crippen LogP contribution in [0.4, 0.5) is 0 Å². The minimum absolute atomic E-state index is 0.00903. The molecule has 4 N–H and O–H groups in total. The predicted molar refractivity (Wildman–Crippen MR) is 58.2 cm³/mol. The summed E-state index contributed by atoms with van der Waals surface area (Å²) in [5.41, 5.74) is 5.50. The summed E-state index contributed by atoms with van der Waals surface area (Å²) in [5.74, 6) is 2.83. The number of hydrogen-bond acceptors (Lipinski definition) is 3. The lowest BCUT2D eigenvalue weighted by atomic mass is 10.1. The van der Waals surface area contributed by atoms with E-state index in [1.165, 1.54) is 0 Å². The molecular weight excluding hydrogens is 178 g/mol. The number of hydrogen-bond donors (Lipinski definition) is 3. The van der Waals surface area contributed by atoms with E-state index in [2.05, 4.69) is 23.3 Å². The molecule has 14 heavy (non-hydrogen) atoms. The van der Waals surface area contributed by atoms with Gasteiger partial charge in [-0.25, -0.2) is 0 Å². The molecule has 4 nitrogen and oxygen atoms in total. The zero-order valence-electron chi connectivity index (χ0n) is 8.83. The third-order valence-corrected chi connectivity index (χ3v) is 2.06. The first-order chi connectivity index (χ1) is 6.69. The molecule has 0 rings (SSSR count). The smallest absolute Gasteiger partial charge is 0.156 e. The van der Waals surface area contributed by atoms with Crippen LogP contribution in [-0.4, -0.2) is 23.1 Å². The molecule has 0 aromatic rings. The molecule has 0 saturated carbocycles. The Morgan fingerprint density at radius 1 is 1.64 bits per heavy atom. The average molecular weight is 197 g/mol. The van der Waals surface area contributed by atoms with Crippen LogP contribution < -0.4 is 11.1 Å². The number of nitrogens with two attached hydrogens (primary N) is 1. The molecular formula is C10H19N3O. The second-order valence-corrected chi connectivity index (χ2v) is 3.16. The van der Waals surface area contributed by atoms with Crippen LogP contribution in [0.15, 0.2) is 5.16 Å². The highest BCUT2D eigenvalue weighted by atomic mass is 16.4. The molecule has 0 spiro atoms. The highest BCUT2D eigenvalue weighted by Crippen LogP contribution is 1.99. The van der Waals surface area contributed by atoms with Gasteiger partial charge in [0.15, 0.2) is 5.84 Å². The summed E-state index contributed by atoms with van der Waals surface area (Å²) in [4.78, 5) is 0. The van der Waals surface area contributed by atoms with Gasteiger partial charge in [-0.15, -0.1) is 6.42 Å². The average Bonchev–Trinajstić information content (AvgIpc) is 2.23. The zero-order chi connectivity index (χ0) is 11.0. The van der Waals surface area contributed by atoms with Gasteiger partial charge in [0.1, 0.15) is 0 Å². The highest BCUT2D eigenvalue weighted by molar-refractivity contribution is 5.85. The maximum atomic E-state index is 8.52. The molecule has 0 saturated heterocycles. The Balaban J connectivity index is 4.23. The van der Waals surface area contributed by atoms with Gasteiger partial charge in [-0.3, -0.25) is 5.32 Å². The van der Waals surface area contributed by atoms with Gasteiger partial charge in [0, 0.05) is 0 Å². The number of amidine groups is 1. The Labute approximate surface area is 85.6 Å². The summed E-state index contributed by atoms with van der Waals surface area (Å²) < 4.78 is 0. The molecule has 0 aliphatic heterocycles. The quantitative estimate of drug-likeness (QED) is 0.195. The van der Waals surface area contributed by atoms with Crippen molar-refractivity contribution in [1.29, 1.82) is 0 Å². The lowest BCUT2D eigenvalue weighted by molar-refractivity contribution is 0.313. The molecule has 0 aromatic carbocycles. The van der Waals surface area contributed by atoms with Crippen LogP contribution in [0.3, 0.4) is 0 Å². The van der Waals surface area contributed by atoms with Crippen molar-refractivity contribution in [2.45, 2.75) is 45.2 Å². The summed E-state index contributed by atoms with van der Waals surface area (Å²) >= 11 is 0. The number of oxime groups is 1. The lowest BCUT2D eigenvalue weighted by Gasteiger charge is -2.19. The number of nitrogens with one attached hydrogen (secondary N) is 1. The monoisotopic (exact) mass is 197 g/mol. The number of nitrogens with zero attached hydrogens (tertiary/aromatic N) is 1. The van der Waals surface area contributed by atoms with Crippen LogP contribution in [-0.2, 0) is 0 Å². The van der Waals surface area contributed by atoms with E-state index < -0.39 is 0 Å². The summed E-state index contributed by atoms with van der Waals surface area (Å²) in [5, 5.41) is 14.6. The Hall–Kier alpha value is -1.21. The summed E-state index contributed by atoms with van der Waals surface area (Å²) in [7, 11) is 0. The summed E-state index contributed by atoms with van der Waals surface area (Å²) in [6.45, 7) is 4.02. The van der Waals surface area contributed by atoms with E-state index in [1.807, 2.05) is 6.92 Å². The zero-order valence-corrected chi connectivity index (χ0v) is 8.83.